The third kappa shape index (κ3) is 10.3. The summed E-state index contributed by atoms with van der Waals surface area (Å²) >= 11 is 7.04. The number of ether oxygens (including phenoxy) is 2. The standard InChI is InChI=1S/C39H46ClN7O6/c1-24-28(8-6-9-30(24)45-36(50)32-13-10-25(21-43-32)20-41-17-7-19-48)35-34(40)29(16-18-42-35)31-14-11-26(37(46-31)52-5)22-47(38(51)53-39(2,3)4)23-27-12-15-33(49)44-27/h6,8-11,13-14,16,18,21,27,41,48H,7,12,15,17,19-20,22-23H2,1-5H3,(H,44,49)(H,45,50)/t27-/m0/s1. The second-order valence-electron chi connectivity index (χ2n) is 13.8. The molecule has 0 aliphatic carbocycles. The van der Waals surface area contributed by atoms with E-state index in [4.69, 9.17) is 31.2 Å². The topological polar surface area (TPSA) is 168 Å². The number of aliphatic hydroxyl groups is 1. The van der Waals surface area contributed by atoms with Crippen molar-refractivity contribution in [2.75, 3.05) is 32.1 Å². The maximum atomic E-state index is 13.3. The van der Waals surface area contributed by atoms with Crippen molar-refractivity contribution < 1.29 is 29.0 Å². The van der Waals surface area contributed by atoms with Gasteiger partial charge in [-0.05, 0) is 88.5 Å². The molecule has 0 bridgehead atoms. The van der Waals surface area contributed by atoms with Crippen molar-refractivity contribution in [3.05, 3.63) is 88.3 Å². The van der Waals surface area contributed by atoms with E-state index in [-0.39, 0.29) is 43.2 Å². The number of aromatic nitrogens is 3. The molecular weight excluding hydrogens is 698 g/mol. The molecular formula is C39H46ClN7O6. The third-order valence-corrected chi connectivity index (χ3v) is 8.95. The van der Waals surface area contributed by atoms with Crippen LogP contribution in [0.5, 0.6) is 5.88 Å². The molecule has 3 aromatic heterocycles. The number of methoxy groups -OCH3 is 1. The average molecular weight is 744 g/mol. The molecule has 4 aromatic rings. The molecule has 1 saturated heterocycles. The largest absolute Gasteiger partial charge is 0.481 e. The Kier molecular flexibility index (Phi) is 13.0. The molecule has 0 unspecified atom stereocenters. The molecule has 4 N–H and O–H groups in total. The number of benzene rings is 1. The number of amides is 3. The maximum absolute atomic E-state index is 13.3. The first-order valence-corrected chi connectivity index (χ1v) is 17.9. The fourth-order valence-corrected chi connectivity index (χ4v) is 6.19. The Balaban J connectivity index is 1.35. The lowest BCUT2D eigenvalue weighted by Crippen LogP contribution is -2.43. The van der Waals surface area contributed by atoms with E-state index in [0.29, 0.717) is 71.5 Å². The quantitative estimate of drug-likeness (QED) is 0.114. The Morgan fingerprint density at radius 1 is 1.09 bits per heavy atom. The number of halogens is 1. The normalized spacial score (nSPS) is 14.1. The predicted molar refractivity (Wildman–Crippen MR) is 203 cm³/mol. The molecule has 4 heterocycles. The van der Waals surface area contributed by atoms with Gasteiger partial charge in [0.15, 0.2) is 0 Å². The van der Waals surface area contributed by atoms with Crippen molar-refractivity contribution in [2.45, 2.75) is 71.7 Å². The highest BCUT2D eigenvalue weighted by molar-refractivity contribution is 6.35. The molecule has 0 spiro atoms. The molecule has 0 saturated carbocycles. The number of anilines is 1. The summed E-state index contributed by atoms with van der Waals surface area (Å²) in [4.78, 5) is 53.5. The summed E-state index contributed by atoms with van der Waals surface area (Å²) in [6.07, 6.45) is 4.50. The second kappa shape index (κ2) is 17.6. The number of carbonyl (C=O) groups is 3. The number of rotatable bonds is 14. The highest BCUT2D eigenvalue weighted by Crippen LogP contribution is 2.38. The van der Waals surface area contributed by atoms with Crippen LogP contribution in [-0.2, 0) is 22.6 Å². The fraction of sp³-hybridized carbons (Fsp3) is 0.385. The molecule has 53 heavy (non-hydrogen) atoms. The Bertz CT molecular complexity index is 1930. The molecule has 5 rings (SSSR count). The monoisotopic (exact) mass is 743 g/mol. The second-order valence-corrected chi connectivity index (χ2v) is 14.2. The summed E-state index contributed by atoms with van der Waals surface area (Å²) in [7, 11) is 1.51. The summed E-state index contributed by atoms with van der Waals surface area (Å²) in [5.41, 5.74) is 4.87. The van der Waals surface area contributed by atoms with Crippen LogP contribution < -0.4 is 20.7 Å². The zero-order chi connectivity index (χ0) is 38.1. The first-order chi connectivity index (χ1) is 25.4. The van der Waals surface area contributed by atoms with Crippen molar-refractivity contribution in [1.82, 2.24) is 30.5 Å². The van der Waals surface area contributed by atoms with Crippen LogP contribution in [0, 0.1) is 6.92 Å². The molecule has 1 aliphatic heterocycles. The van der Waals surface area contributed by atoms with Crippen LogP contribution in [0.4, 0.5) is 10.5 Å². The Morgan fingerprint density at radius 2 is 1.91 bits per heavy atom. The lowest BCUT2D eigenvalue weighted by atomic mass is 10.0. The number of nitrogens with zero attached hydrogens (tertiary/aromatic N) is 4. The first kappa shape index (κ1) is 39.1. The smallest absolute Gasteiger partial charge is 0.410 e. The number of aliphatic hydroxyl groups excluding tert-OH is 1. The van der Waals surface area contributed by atoms with Gasteiger partial charge in [-0.3, -0.25) is 19.6 Å². The molecule has 0 radical (unpaired) electrons. The van der Waals surface area contributed by atoms with Crippen LogP contribution in [-0.4, -0.2) is 81.3 Å². The van der Waals surface area contributed by atoms with Gasteiger partial charge in [-0.1, -0.05) is 29.8 Å². The van der Waals surface area contributed by atoms with E-state index in [0.717, 1.165) is 16.7 Å². The Hall–Kier alpha value is -5.11. The summed E-state index contributed by atoms with van der Waals surface area (Å²) < 4.78 is 11.4. The van der Waals surface area contributed by atoms with Crippen LogP contribution >= 0.6 is 11.6 Å². The molecule has 1 aromatic carbocycles. The van der Waals surface area contributed by atoms with Gasteiger partial charge < -0.3 is 35.4 Å². The highest BCUT2D eigenvalue weighted by atomic mass is 35.5. The summed E-state index contributed by atoms with van der Waals surface area (Å²) in [6.45, 7) is 9.12. The minimum absolute atomic E-state index is 0.0400. The van der Waals surface area contributed by atoms with E-state index in [1.165, 1.54) is 7.11 Å². The van der Waals surface area contributed by atoms with Crippen LogP contribution in [0.3, 0.4) is 0 Å². The molecule has 280 valence electrons. The van der Waals surface area contributed by atoms with E-state index in [1.54, 1.807) is 62.3 Å². The number of hydrogen-bond donors (Lipinski definition) is 4. The van der Waals surface area contributed by atoms with Crippen LogP contribution in [0.15, 0.2) is 60.9 Å². The SMILES string of the molecule is COc1nc(-c2ccnc(-c3cccc(NC(=O)c4ccc(CNCCCO)cn4)c3C)c2Cl)ccc1CN(C[C@@H]1CCC(=O)N1)C(=O)OC(C)(C)C. The molecule has 1 fully saturated rings. The van der Waals surface area contributed by atoms with Gasteiger partial charge in [-0.15, -0.1) is 0 Å². The Morgan fingerprint density at radius 3 is 2.58 bits per heavy atom. The van der Waals surface area contributed by atoms with Crippen molar-refractivity contribution >= 4 is 35.2 Å². The van der Waals surface area contributed by atoms with E-state index < -0.39 is 11.7 Å². The molecule has 3 amide bonds. The number of nitrogens with one attached hydrogen (secondary N) is 3. The minimum Gasteiger partial charge on any atom is -0.481 e. The molecule has 14 heteroatoms. The van der Waals surface area contributed by atoms with E-state index in [2.05, 4.69) is 25.9 Å². The summed E-state index contributed by atoms with van der Waals surface area (Å²) in [6, 6.07) is 14.2. The van der Waals surface area contributed by atoms with Gasteiger partial charge in [0.2, 0.25) is 11.8 Å². The van der Waals surface area contributed by atoms with Crippen molar-refractivity contribution in [3.8, 4) is 28.4 Å². The Labute approximate surface area is 314 Å². The van der Waals surface area contributed by atoms with Crippen molar-refractivity contribution in [3.63, 3.8) is 0 Å². The van der Waals surface area contributed by atoms with Crippen LogP contribution in [0.1, 0.15) is 67.2 Å². The summed E-state index contributed by atoms with van der Waals surface area (Å²) in [5.74, 6) is -0.0873. The fourth-order valence-electron chi connectivity index (χ4n) is 5.88. The zero-order valence-electron chi connectivity index (χ0n) is 30.7. The number of carbonyl (C=O) groups excluding carboxylic acids is 3. The maximum Gasteiger partial charge on any atom is 0.410 e. The van der Waals surface area contributed by atoms with Crippen molar-refractivity contribution in [1.29, 1.82) is 0 Å². The van der Waals surface area contributed by atoms with Crippen molar-refractivity contribution in [2.24, 2.45) is 0 Å². The van der Waals surface area contributed by atoms with Crippen LogP contribution in [0.25, 0.3) is 22.5 Å². The third-order valence-electron chi connectivity index (χ3n) is 8.57. The van der Waals surface area contributed by atoms with Gasteiger partial charge in [0, 0.05) is 66.9 Å². The highest BCUT2D eigenvalue weighted by Gasteiger charge is 2.29. The first-order valence-electron chi connectivity index (χ1n) is 17.5. The lowest BCUT2D eigenvalue weighted by molar-refractivity contribution is -0.119. The summed E-state index contributed by atoms with van der Waals surface area (Å²) in [5, 5.41) is 18.4. The van der Waals surface area contributed by atoms with Gasteiger partial charge in [-0.2, -0.15) is 0 Å². The van der Waals surface area contributed by atoms with E-state index in [1.807, 2.05) is 31.2 Å². The van der Waals surface area contributed by atoms with Gasteiger partial charge in [0.25, 0.3) is 5.91 Å². The average Bonchev–Trinajstić information content (AvgIpc) is 3.54. The zero-order valence-corrected chi connectivity index (χ0v) is 31.4. The van der Waals surface area contributed by atoms with Crippen LogP contribution in [0.2, 0.25) is 5.02 Å². The number of hydrogen-bond acceptors (Lipinski definition) is 10. The predicted octanol–water partition coefficient (Wildman–Crippen LogP) is 5.92. The lowest BCUT2D eigenvalue weighted by Gasteiger charge is -2.29. The number of pyridine rings is 3. The minimum atomic E-state index is -0.705. The molecule has 13 nitrogen and oxygen atoms in total. The van der Waals surface area contributed by atoms with Gasteiger partial charge in [-0.25, -0.2) is 9.78 Å². The van der Waals surface area contributed by atoms with E-state index >= 15 is 0 Å². The molecule has 1 aliphatic rings. The van der Waals surface area contributed by atoms with E-state index in [9.17, 15) is 14.4 Å². The van der Waals surface area contributed by atoms with Gasteiger partial charge in [0.05, 0.1) is 30.1 Å². The van der Waals surface area contributed by atoms with Gasteiger partial charge >= 0.3 is 6.09 Å². The molecule has 1 atom stereocenters. The van der Waals surface area contributed by atoms with Gasteiger partial charge in [0.1, 0.15) is 11.3 Å².